The van der Waals surface area contributed by atoms with Gasteiger partial charge >= 0.3 is 0 Å². The maximum atomic E-state index is 6.15. The van der Waals surface area contributed by atoms with Crippen molar-refractivity contribution in [2.75, 3.05) is 38.2 Å². The van der Waals surface area contributed by atoms with Crippen molar-refractivity contribution in [3.8, 4) is 0 Å². The maximum Gasteiger partial charge on any atom is 0.191 e. The Kier molecular flexibility index (Phi) is 7.47. The van der Waals surface area contributed by atoms with E-state index in [4.69, 9.17) is 4.74 Å². The number of hydrogen-bond acceptors (Lipinski definition) is 3. The Morgan fingerprint density at radius 3 is 2.68 bits per heavy atom. The summed E-state index contributed by atoms with van der Waals surface area (Å²) in [4.78, 5) is 6.96. The van der Waals surface area contributed by atoms with Gasteiger partial charge in [0.15, 0.2) is 5.96 Å². The van der Waals surface area contributed by atoms with Gasteiger partial charge in [-0.05, 0) is 55.9 Å². The predicted molar refractivity (Wildman–Crippen MR) is 129 cm³/mol. The number of hydrogen-bond donors (Lipinski definition) is 2. The highest BCUT2D eigenvalue weighted by atomic mass is 16.5. The van der Waals surface area contributed by atoms with Crippen molar-refractivity contribution in [3.63, 3.8) is 0 Å². The topological polar surface area (TPSA) is 48.9 Å². The molecule has 0 amide bonds. The lowest BCUT2D eigenvalue weighted by Gasteiger charge is -2.33. The summed E-state index contributed by atoms with van der Waals surface area (Å²) >= 11 is 0. The zero-order valence-electron chi connectivity index (χ0n) is 18.9. The normalized spacial score (nSPS) is 22.9. The van der Waals surface area contributed by atoms with E-state index in [-0.39, 0.29) is 12.1 Å². The number of anilines is 1. The van der Waals surface area contributed by atoms with E-state index >= 15 is 0 Å². The molecule has 3 unspecified atom stereocenters. The van der Waals surface area contributed by atoms with Crippen LogP contribution in [0.1, 0.15) is 55.9 Å². The van der Waals surface area contributed by atoms with Crippen LogP contribution in [0.25, 0.3) is 0 Å². The lowest BCUT2D eigenvalue weighted by Crippen LogP contribution is -2.42. The fourth-order valence-corrected chi connectivity index (χ4v) is 4.74. The van der Waals surface area contributed by atoms with Gasteiger partial charge in [-0.3, -0.25) is 4.99 Å². The highest BCUT2D eigenvalue weighted by Gasteiger charge is 2.27. The molecule has 2 N–H and O–H groups in total. The molecule has 0 radical (unpaired) electrons. The van der Waals surface area contributed by atoms with E-state index in [1.54, 1.807) is 0 Å². The molecule has 0 saturated carbocycles. The number of nitrogens with zero attached hydrogens (tertiary/aromatic N) is 2. The van der Waals surface area contributed by atoms with Crippen molar-refractivity contribution < 1.29 is 4.74 Å². The molecule has 166 valence electrons. The second-order valence-electron chi connectivity index (χ2n) is 8.71. The zero-order chi connectivity index (χ0) is 21.5. The van der Waals surface area contributed by atoms with Crippen molar-refractivity contribution in [3.05, 3.63) is 65.7 Å². The Labute approximate surface area is 186 Å². The van der Waals surface area contributed by atoms with Crippen molar-refractivity contribution in [2.24, 2.45) is 10.9 Å². The third kappa shape index (κ3) is 5.59. The van der Waals surface area contributed by atoms with Gasteiger partial charge in [-0.1, -0.05) is 42.5 Å². The SMILES string of the molecule is CN=C(NCC1CCCOC1c1ccccc1)NC(C)c1cccc(N2CCCC2)c1. The first-order valence-corrected chi connectivity index (χ1v) is 11.7. The van der Waals surface area contributed by atoms with Crippen LogP contribution in [0.4, 0.5) is 5.69 Å². The van der Waals surface area contributed by atoms with Crippen LogP contribution in [0.15, 0.2) is 59.6 Å². The Bertz CT molecular complexity index is 847. The molecule has 5 nitrogen and oxygen atoms in total. The van der Waals surface area contributed by atoms with Crippen LogP contribution < -0.4 is 15.5 Å². The van der Waals surface area contributed by atoms with Crippen LogP contribution in [-0.2, 0) is 4.74 Å². The average molecular weight is 421 g/mol. The van der Waals surface area contributed by atoms with Crippen LogP contribution in [0.5, 0.6) is 0 Å². The summed E-state index contributed by atoms with van der Waals surface area (Å²) in [5, 5.41) is 7.13. The van der Waals surface area contributed by atoms with Crippen molar-refractivity contribution in [2.45, 2.75) is 44.8 Å². The zero-order valence-corrected chi connectivity index (χ0v) is 18.9. The van der Waals surface area contributed by atoms with Gasteiger partial charge in [0.05, 0.1) is 12.1 Å². The third-order valence-electron chi connectivity index (χ3n) is 6.52. The number of benzene rings is 2. The molecule has 4 rings (SSSR count). The second kappa shape index (κ2) is 10.7. The van der Waals surface area contributed by atoms with Crippen molar-refractivity contribution in [1.29, 1.82) is 0 Å². The number of guanidine groups is 1. The molecule has 2 aromatic rings. The van der Waals surface area contributed by atoms with Gasteiger partial charge < -0.3 is 20.3 Å². The van der Waals surface area contributed by atoms with Gasteiger partial charge in [-0.25, -0.2) is 0 Å². The predicted octanol–water partition coefficient (Wildman–Crippen LogP) is 4.68. The van der Waals surface area contributed by atoms with Gasteiger partial charge in [-0.2, -0.15) is 0 Å². The fourth-order valence-electron chi connectivity index (χ4n) is 4.74. The van der Waals surface area contributed by atoms with E-state index in [1.807, 2.05) is 7.05 Å². The number of rotatable bonds is 6. The van der Waals surface area contributed by atoms with Crippen molar-refractivity contribution >= 4 is 11.6 Å². The van der Waals surface area contributed by atoms with Crippen LogP contribution in [-0.4, -0.2) is 39.2 Å². The van der Waals surface area contributed by atoms with E-state index < -0.39 is 0 Å². The molecule has 2 saturated heterocycles. The van der Waals surface area contributed by atoms with E-state index in [0.717, 1.165) is 32.0 Å². The average Bonchev–Trinajstić information content (AvgIpc) is 3.37. The monoisotopic (exact) mass is 420 g/mol. The highest BCUT2D eigenvalue weighted by molar-refractivity contribution is 5.80. The van der Waals surface area contributed by atoms with E-state index in [9.17, 15) is 0 Å². The maximum absolute atomic E-state index is 6.15. The summed E-state index contributed by atoms with van der Waals surface area (Å²) in [5.74, 6) is 1.28. The minimum Gasteiger partial charge on any atom is -0.373 e. The number of ether oxygens (including phenoxy) is 1. The van der Waals surface area contributed by atoms with Crippen LogP contribution in [0.3, 0.4) is 0 Å². The lowest BCUT2D eigenvalue weighted by atomic mass is 9.89. The van der Waals surface area contributed by atoms with Crippen LogP contribution >= 0.6 is 0 Å². The summed E-state index contributed by atoms with van der Waals surface area (Å²) in [6, 6.07) is 19.7. The first kappa shape index (κ1) is 21.7. The molecule has 2 aliphatic heterocycles. The Hall–Kier alpha value is -2.53. The number of nitrogens with one attached hydrogen (secondary N) is 2. The summed E-state index contributed by atoms with van der Waals surface area (Å²) < 4.78 is 6.15. The first-order chi connectivity index (χ1) is 15.2. The minimum atomic E-state index is 0.148. The smallest absolute Gasteiger partial charge is 0.191 e. The molecule has 2 heterocycles. The molecule has 0 bridgehead atoms. The van der Waals surface area contributed by atoms with E-state index in [2.05, 4.69) is 82.0 Å². The molecule has 0 aliphatic carbocycles. The molecule has 0 aromatic heterocycles. The fraction of sp³-hybridized carbons (Fsp3) is 0.500. The summed E-state index contributed by atoms with van der Waals surface area (Å²) in [6.07, 6.45) is 5.01. The van der Waals surface area contributed by atoms with Crippen LogP contribution in [0, 0.1) is 5.92 Å². The van der Waals surface area contributed by atoms with Crippen molar-refractivity contribution in [1.82, 2.24) is 10.6 Å². The Morgan fingerprint density at radius 2 is 1.90 bits per heavy atom. The standard InChI is InChI=1S/C26H36N4O/c1-20(22-12-8-14-24(18-22)30-15-6-7-16-30)29-26(27-2)28-19-23-13-9-17-31-25(23)21-10-4-3-5-11-21/h3-5,8,10-12,14,18,20,23,25H,6-7,9,13,15-17,19H2,1-2H3,(H2,27,28,29). The van der Waals surface area contributed by atoms with Gasteiger partial charge in [-0.15, -0.1) is 0 Å². The van der Waals surface area contributed by atoms with Gasteiger partial charge in [0.2, 0.25) is 0 Å². The highest BCUT2D eigenvalue weighted by Crippen LogP contribution is 2.33. The van der Waals surface area contributed by atoms with Gasteiger partial charge in [0.25, 0.3) is 0 Å². The van der Waals surface area contributed by atoms with Gasteiger partial charge in [0, 0.05) is 44.9 Å². The molecule has 31 heavy (non-hydrogen) atoms. The Balaban J connectivity index is 1.35. The van der Waals surface area contributed by atoms with Gasteiger partial charge in [0.1, 0.15) is 0 Å². The quantitative estimate of drug-likeness (QED) is 0.526. The summed E-state index contributed by atoms with van der Waals surface area (Å²) in [6.45, 7) is 6.22. The lowest BCUT2D eigenvalue weighted by molar-refractivity contribution is -0.0265. The van der Waals surface area contributed by atoms with E-state index in [0.29, 0.717) is 5.92 Å². The molecule has 5 heteroatoms. The van der Waals surface area contributed by atoms with Crippen LogP contribution in [0.2, 0.25) is 0 Å². The molecule has 2 aliphatic rings. The molecule has 2 aromatic carbocycles. The first-order valence-electron chi connectivity index (χ1n) is 11.7. The van der Waals surface area contributed by atoms with E-state index in [1.165, 1.54) is 42.7 Å². The summed E-state index contributed by atoms with van der Waals surface area (Å²) in [7, 11) is 1.84. The molecular weight excluding hydrogens is 384 g/mol. The largest absolute Gasteiger partial charge is 0.373 e. The summed E-state index contributed by atoms with van der Waals surface area (Å²) in [5.41, 5.74) is 3.89. The number of aliphatic imine (C=N–C) groups is 1. The minimum absolute atomic E-state index is 0.148. The molecule has 2 fully saturated rings. The third-order valence-corrected chi connectivity index (χ3v) is 6.52. The molecule has 0 spiro atoms. The Morgan fingerprint density at radius 1 is 1.10 bits per heavy atom. The second-order valence-corrected chi connectivity index (χ2v) is 8.71. The molecular formula is C26H36N4O. The molecule has 3 atom stereocenters.